The smallest absolute Gasteiger partial charge is 0.188 e. The van der Waals surface area contributed by atoms with E-state index in [0.29, 0.717) is 5.96 Å². The lowest BCUT2D eigenvalue weighted by Gasteiger charge is -2.23. The number of nitrogens with one attached hydrogen (secondary N) is 1. The number of hydrogen-bond acceptors (Lipinski definition) is 2. The van der Waals surface area contributed by atoms with E-state index in [4.69, 9.17) is 10.5 Å². The van der Waals surface area contributed by atoms with E-state index < -0.39 is 0 Å². The molecule has 20 heavy (non-hydrogen) atoms. The van der Waals surface area contributed by atoms with Gasteiger partial charge in [-0.2, -0.15) is 0 Å². The Kier molecular flexibility index (Phi) is 5.27. The van der Waals surface area contributed by atoms with Crippen LogP contribution in [0, 0.1) is 12.8 Å². The van der Waals surface area contributed by atoms with Crippen LogP contribution in [-0.4, -0.2) is 26.2 Å². The summed E-state index contributed by atoms with van der Waals surface area (Å²) in [5.41, 5.74) is 8.26. The number of methoxy groups -OCH3 is 1. The number of nitrogens with zero attached hydrogens (tertiary/aromatic N) is 1. The van der Waals surface area contributed by atoms with E-state index >= 15 is 0 Å². The van der Waals surface area contributed by atoms with Crippen LogP contribution in [0.4, 0.5) is 0 Å². The van der Waals surface area contributed by atoms with Gasteiger partial charge in [0.15, 0.2) is 5.96 Å². The molecule has 0 bridgehead atoms. The number of aryl methyl sites for hydroxylation is 1. The van der Waals surface area contributed by atoms with Crippen molar-refractivity contribution < 1.29 is 4.74 Å². The van der Waals surface area contributed by atoms with Gasteiger partial charge in [-0.1, -0.05) is 18.6 Å². The molecule has 0 aliphatic heterocycles. The van der Waals surface area contributed by atoms with Crippen molar-refractivity contribution in [1.29, 1.82) is 0 Å². The number of rotatable bonds is 6. The van der Waals surface area contributed by atoms with E-state index in [1.54, 1.807) is 7.11 Å². The standard InChI is InChI=1S/C16H25N3O/c1-12-6-7-13(10-15(12)20-2)8-9-18-16(17)19-11-14-4-3-5-14/h6-7,10,14H,3-5,8-9,11H2,1-2H3,(H3,17,18,19). The zero-order chi connectivity index (χ0) is 14.4. The highest BCUT2D eigenvalue weighted by Gasteiger charge is 2.16. The van der Waals surface area contributed by atoms with Crippen LogP contribution in [0.15, 0.2) is 23.2 Å². The third kappa shape index (κ3) is 4.15. The summed E-state index contributed by atoms with van der Waals surface area (Å²) in [6.07, 6.45) is 4.87. The average molecular weight is 275 g/mol. The van der Waals surface area contributed by atoms with Gasteiger partial charge in [-0.25, -0.2) is 0 Å². The molecule has 0 radical (unpaired) electrons. The Morgan fingerprint density at radius 1 is 1.45 bits per heavy atom. The molecule has 0 aromatic heterocycles. The van der Waals surface area contributed by atoms with Crippen LogP contribution in [0.5, 0.6) is 5.75 Å². The molecule has 1 saturated carbocycles. The van der Waals surface area contributed by atoms with Crippen molar-refractivity contribution in [2.45, 2.75) is 32.6 Å². The highest BCUT2D eigenvalue weighted by atomic mass is 16.5. The third-order valence-corrected chi connectivity index (χ3v) is 3.94. The average Bonchev–Trinajstić information content (AvgIpc) is 2.39. The van der Waals surface area contributed by atoms with Gasteiger partial charge in [-0.15, -0.1) is 0 Å². The van der Waals surface area contributed by atoms with Crippen molar-refractivity contribution >= 4 is 5.96 Å². The topological polar surface area (TPSA) is 59.6 Å². The van der Waals surface area contributed by atoms with Crippen LogP contribution in [0.25, 0.3) is 0 Å². The second-order valence-corrected chi connectivity index (χ2v) is 5.50. The summed E-state index contributed by atoms with van der Waals surface area (Å²) in [5.74, 6) is 2.27. The van der Waals surface area contributed by atoms with Gasteiger partial charge in [0.2, 0.25) is 0 Å². The molecule has 1 aromatic rings. The summed E-state index contributed by atoms with van der Waals surface area (Å²) >= 11 is 0. The van der Waals surface area contributed by atoms with Gasteiger partial charge < -0.3 is 15.8 Å². The first-order chi connectivity index (χ1) is 9.69. The quantitative estimate of drug-likeness (QED) is 0.618. The highest BCUT2D eigenvalue weighted by molar-refractivity contribution is 5.77. The Morgan fingerprint density at radius 3 is 2.90 bits per heavy atom. The fourth-order valence-corrected chi connectivity index (χ4v) is 2.31. The number of benzene rings is 1. The lowest BCUT2D eigenvalue weighted by atomic mass is 9.86. The Hall–Kier alpha value is -1.71. The maximum absolute atomic E-state index is 5.86. The summed E-state index contributed by atoms with van der Waals surface area (Å²) < 4.78 is 5.33. The minimum absolute atomic E-state index is 0.566. The Bertz CT molecular complexity index is 467. The minimum atomic E-state index is 0.566. The number of guanidine groups is 1. The van der Waals surface area contributed by atoms with E-state index in [1.807, 2.05) is 6.92 Å². The van der Waals surface area contributed by atoms with Gasteiger partial charge in [0, 0.05) is 13.1 Å². The molecule has 0 heterocycles. The summed E-state index contributed by atoms with van der Waals surface area (Å²) in [4.78, 5) is 4.38. The zero-order valence-electron chi connectivity index (χ0n) is 12.5. The number of aliphatic imine (C=N–C) groups is 1. The van der Waals surface area contributed by atoms with Gasteiger partial charge >= 0.3 is 0 Å². The first-order valence-electron chi connectivity index (χ1n) is 7.36. The van der Waals surface area contributed by atoms with Gasteiger partial charge in [0.1, 0.15) is 5.75 Å². The fraction of sp³-hybridized carbons (Fsp3) is 0.562. The maximum atomic E-state index is 5.86. The fourth-order valence-electron chi connectivity index (χ4n) is 2.31. The minimum Gasteiger partial charge on any atom is -0.496 e. The van der Waals surface area contributed by atoms with Crippen molar-refractivity contribution in [1.82, 2.24) is 5.32 Å². The predicted molar refractivity (Wildman–Crippen MR) is 83.3 cm³/mol. The van der Waals surface area contributed by atoms with Crippen LogP contribution in [0.2, 0.25) is 0 Å². The second-order valence-electron chi connectivity index (χ2n) is 5.50. The molecule has 1 fully saturated rings. The Balaban J connectivity index is 1.74. The van der Waals surface area contributed by atoms with Gasteiger partial charge in [-0.3, -0.25) is 4.99 Å². The predicted octanol–water partition coefficient (Wildman–Crippen LogP) is 2.25. The molecule has 1 aliphatic rings. The molecule has 4 heteroatoms. The van der Waals surface area contributed by atoms with E-state index in [2.05, 4.69) is 28.5 Å². The van der Waals surface area contributed by atoms with E-state index in [9.17, 15) is 0 Å². The summed E-state index contributed by atoms with van der Waals surface area (Å²) in [6, 6.07) is 6.29. The van der Waals surface area contributed by atoms with Gasteiger partial charge in [-0.05, 0) is 49.3 Å². The first-order valence-corrected chi connectivity index (χ1v) is 7.36. The molecule has 110 valence electrons. The normalized spacial score (nSPS) is 15.8. The maximum Gasteiger partial charge on any atom is 0.188 e. The van der Waals surface area contributed by atoms with Crippen molar-refractivity contribution in [2.24, 2.45) is 16.6 Å². The number of nitrogens with two attached hydrogens (primary N) is 1. The van der Waals surface area contributed by atoms with E-state index in [-0.39, 0.29) is 0 Å². The largest absolute Gasteiger partial charge is 0.496 e. The van der Waals surface area contributed by atoms with Gasteiger partial charge in [0.05, 0.1) is 7.11 Å². The van der Waals surface area contributed by atoms with Crippen molar-refractivity contribution in [3.8, 4) is 5.75 Å². The molecule has 0 atom stereocenters. The van der Waals surface area contributed by atoms with Crippen LogP contribution < -0.4 is 15.8 Å². The van der Waals surface area contributed by atoms with Crippen LogP contribution in [0.3, 0.4) is 0 Å². The van der Waals surface area contributed by atoms with Crippen LogP contribution >= 0.6 is 0 Å². The molecule has 4 nitrogen and oxygen atoms in total. The monoisotopic (exact) mass is 275 g/mol. The molecule has 0 saturated heterocycles. The molecule has 0 amide bonds. The van der Waals surface area contributed by atoms with Crippen molar-refractivity contribution in [3.05, 3.63) is 29.3 Å². The zero-order valence-corrected chi connectivity index (χ0v) is 12.5. The highest BCUT2D eigenvalue weighted by Crippen LogP contribution is 2.26. The van der Waals surface area contributed by atoms with Gasteiger partial charge in [0.25, 0.3) is 0 Å². The van der Waals surface area contributed by atoms with Crippen molar-refractivity contribution in [2.75, 3.05) is 20.2 Å². The molecule has 3 N–H and O–H groups in total. The molecule has 1 aliphatic carbocycles. The van der Waals surface area contributed by atoms with E-state index in [0.717, 1.165) is 36.7 Å². The summed E-state index contributed by atoms with van der Waals surface area (Å²) in [7, 11) is 1.70. The molecule has 2 rings (SSSR count). The Morgan fingerprint density at radius 2 is 2.25 bits per heavy atom. The van der Waals surface area contributed by atoms with Crippen molar-refractivity contribution in [3.63, 3.8) is 0 Å². The van der Waals surface area contributed by atoms with E-state index in [1.165, 1.54) is 24.8 Å². The molecule has 0 unspecified atom stereocenters. The SMILES string of the molecule is COc1cc(CCNC(N)=NCC2CCC2)ccc1C. The molecule has 0 spiro atoms. The molecule has 1 aromatic carbocycles. The number of hydrogen-bond donors (Lipinski definition) is 2. The molecular weight excluding hydrogens is 250 g/mol. The van der Waals surface area contributed by atoms with Crippen LogP contribution in [0.1, 0.15) is 30.4 Å². The second kappa shape index (κ2) is 7.17. The summed E-state index contributed by atoms with van der Waals surface area (Å²) in [6.45, 7) is 3.72. The van der Waals surface area contributed by atoms with Crippen LogP contribution in [-0.2, 0) is 6.42 Å². The first kappa shape index (κ1) is 14.7. The lowest BCUT2D eigenvalue weighted by molar-refractivity contribution is 0.326. The Labute approximate surface area is 121 Å². The molecular formula is C16H25N3O. The summed E-state index contributed by atoms with van der Waals surface area (Å²) in [5, 5.41) is 3.17. The number of ether oxygens (including phenoxy) is 1. The lowest BCUT2D eigenvalue weighted by Crippen LogP contribution is -2.34. The third-order valence-electron chi connectivity index (χ3n) is 3.94.